The van der Waals surface area contributed by atoms with Gasteiger partial charge in [-0.1, -0.05) is 17.4 Å². The van der Waals surface area contributed by atoms with E-state index in [1.807, 2.05) is 23.7 Å². The molecule has 0 atom stereocenters. The number of benzene rings is 2. The van der Waals surface area contributed by atoms with Crippen LogP contribution in [-0.4, -0.2) is 31.8 Å². The first-order valence-electron chi connectivity index (χ1n) is 7.52. The number of amides is 1. The Hall–Kier alpha value is -2.80. The highest BCUT2D eigenvalue weighted by atomic mass is 32.1. The van der Waals surface area contributed by atoms with Crippen LogP contribution in [0.25, 0.3) is 10.2 Å². The molecule has 130 valence electrons. The maximum absolute atomic E-state index is 12.5. The van der Waals surface area contributed by atoms with E-state index in [0.29, 0.717) is 27.6 Å². The third kappa shape index (κ3) is 3.23. The van der Waals surface area contributed by atoms with Crippen molar-refractivity contribution in [2.75, 3.05) is 21.3 Å². The molecule has 0 saturated heterocycles. The summed E-state index contributed by atoms with van der Waals surface area (Å²) in [6.07, 6.45) is 0. The highest BCUT2D eigenvalue weighted by Gasteiger charge is 2.12. The van der Waals surface area contributed by atoms with E-state index in [9.17, 15) is 4.79 Å². The van der Waals surface area contributed by atoms with Crippen molar-refractivity contribution >= 4 is 27.5 Å². The molecule has 1 heterocycles. The van der Waals surface area contributed by atoms with Crippen LogP contribution in [0.5, 0.6) is 17.2 Å². The number of carbonyl (C=O) groups excluding carboxylic acids is 1. The molecule has 7 heteroatoms. The number of hydrogen-bond donors (Lipinski definition) is 0. The number of hydrogen-bond acceptors (Lipinski definition) is 5. The van der Waals surface area contributed by atoms with Crippen LogP contribution in [0.1, 0.15) is 10.4 Å². The van der Waals surface area contributed by atoms with Crippen molar-refractivity contribution < 1.29 is 19.0 Å². The van der Waals surface area contributed by atoms with Crippen LogP contribution in [0.3, 0.4) is 0 Å². The molecule has 1 amide bonds. The monoisotopic (exact) mass is 358 g/mol. The van der Waals surface area contributed by atoms with Gasteiger partial charge in [0.15, 0.2) is 16.3 Å². The second-order valence-electron chi connectivity index (χ2n) is 5.27. The molecule has 1 aromatic heterocycles. The first-order chi connectivity index (χ1) is 12.1. The highest BCUT2D eigenvalue weighted by Crippen LogP contribution is 2.33. The van der Waals surface area contributed by atoms with Crippen molar-refractivity contribution in [2.45, 2.75) is 0 Å². The van der Waals surface area contributed by atoms with Gasteiger partial charge < -0.3 is 18.8 Å². The first-order valence-corrected chi connectivity index (χ1v) is 8.33. The molecule has 3 rings (SSSR count). The van der Waals surface area contributed by atoms with Crippen molar-refractivity contribution in [3.63, 3.8) is 0 Å². The van der Waals surface area contributed by atoms with E-state index in [4.69, 9.17) is 14.2 Å². The predicted molar refractivity (Wildman–Crippen MR) is 96.8 cm³/mol. The van der Waals surface area contributed by atoms with Gasteiger partial charge in [0, 0.05) is 24.7 Å². The van der Waals surface area contributed by atoms with Gasteiger partial charge in [-0.2, -0.15) is 4.99 Å². The second-order valence-corrected chi connectivity index (χ2v) is 6.28. The van der Waals surface area contributed by atoms with Crippen molar-refractivity contribution in [3.05, 3.63) is 46.8 Å². The molecule has 0 aliphatic carbocycles. The van der Waals surface area contributed by atoms with Gasteiger partial charge in [0.2, 0.25) is 0 Å². The molecular formula is C18H18N2O4S. The fourth-order valence-corrected chi connectivity index (χ4v) is 3.50. The SMILES string of the molecule is COc1cccc(C(=O)N=c2sc3cc(OC)c(OC)cc3n2C)c1. The van der Waals surface area contributed by atoms with Gasteiger partial charge in [-0.15, -0.1) is 0 Å². The van der Waals surface area contributed by atoms with Gasteiger partial charge >= 0.3 is 0 Å². The fraction of sp³-hybridized carbons (Fsp3) is 0.222. The lowest BCUT2D eigenvalue weighted by Crippen LogP contribution is -2.13. The molecule has 0 fully saturated rings. The topological polar surface area (TPSA) is 62.1 Å². The third-order valence-electron chi connectivity index (χ3n) is 3.83. The van der Waals surface area contributed by atoms with E-state index in [1.54, 1.807) is 45.6 Å². The Labute approximate surface area is 148 Å². The third-order valence-corrected chi connectivity index (χ3v) is 4.92. The van der Waals surface area contributed by atoms with Crippen molar-refractivity contribution in [1.29, 1.82) is 0 Å². The fourth-order valence-electron chi connectivity index (χ4n) is 2.47. The minimum atomic E-state index is -0.319. The molecule has 0 unspecified atom stereocenters. The molecule has 2 aromatic carbocycles. The summed E-state index contributed by atoms with van der Waals surface area (Å²) in [5.41, 5.74) is 1.40. The summed E-state index contributed by atoms with van der Waals surface area (Å²) < 4.78 is 18.6. The molecule has 25 heavy (non-hydrogen) atoms. The van der Waals surface area contributed by atoms with Gasteiger partial charge in [-0.3, -0.25) is 4.79 Å². The number of nitrogens with zero attached hydrogens (tertiary/aromatic N) is 2. The summed E-state index contributed by atoms with van der Waals surface area (Å²) in [6, 6.07) is 10.7. The van der Waals surface area contributed by atoms with E-state index in [-0.39, 0.29) is 5.91 Å². The molecule has 0 saturated carbocycles. The maximum atomic E-state index is 12.5. The molecule has 0 spiro atoms. The Balaban J connectivity index is 2.09. The predicted octanol–water partition coefficient (Wildman–Crippen LogP) is 3.01. The van der Waals surface area contributed by atoms with Gasteiger partial charge in [-0.25, -0.2) is 0 Å². The van der Waals surface area contributed by atoms with Crippen molar-refractivity contribution in [1.82, 2.24) is 4.57 Å². The Kier molecular flexibility index (Phi) is 4.76. The maximum Gasteiger partial charge on any atom is 0.279 e. The number of carbonyl (C=O) groups is 1. The van der Waals surface area contributed by atoms with E-state index in [2.05, 4.69) is 4.99 Å². The van der Waals surface area contributed by atoms with Gasteiger partial charge in [0.25, 0.3) is 5.91 Å². The molecule has 6 nitrogen and oxygen atoms in total. The minimum Gasteiger partial charge on any atom is -0.497 e. The lowest BCUT2D eigenvalue weighted by molar-refractivity contribution is 0.0997. The lowest BCUT2D eigenvalue weighted by Gasteiger charge is -2.07. The van der Waals surface area contributed by atoms with Gasteiger partial charge in [0.1, 0.15) is 5.75 Å². The Morgan fingerprint density at radius 1 is 1.04 bits per heavy atom. The number of methoxy groups -OCH3 is 3. The highest BCUT2D eigenvalue weighted by molar-refractivity contribution is 7.16. The van der Waals surface area contributed by atoms with E-state index in [0.717, 1.165) is 10.2 Å². The Morgan fingerprint density at radius 2 is 1.76 bits per heavy atom. The summed E-state index contributed by atoms with van der Waals surface area (Å²) in [5, 5.41) is 0. The normalized spacial score (nSPS) is 11.6. The Bertz CT molecular complexity index is 1000. The number of aryl methyl sites for hydroxylation is 1. The average molecular weight is 358 g/mol. The molecule has 0 radical (unpaired) electrons. The Morgan fingerprint density at radius 3 is 2.44 bits per heavy atom. The summed E-state index contributed by atoms with van der Waals surface area (Å²) in [5.74, 6) is 1.58. The van der Waals surface area contributed by atoms with E-state index in [1.165, 1.54) is 11.3 Å². The molecule has 0 bridgehead atoms. The van der Waals surface area contributed by atoms with E-state index < -0.39 is 0 Å². The summed E-state index contributed by atoms with van der Waals surface area (Å²) in [4.78, 5) is 17.3. The number of thiazole rings is 1. The average Bonchev–Trinajstić information content (AvgIpc) is 2.95. The quantitative estimate of drug-likeness (QED) is 0.719. The first kappa shape index (κ1) is 17.0. The standard InChI is InChI=1S/C18H18N2O4S/c1-20-13-9-14(23-3)15(24-4)10-16(13)25-18(20)19-17(21)11-6-5-7-12(8-11)22-2/h5-10H,1-4H3. The van der Waals surface area contributed by atoms with Crippen LogP contribution in [0, 0.1) is 0 Å². The molecule has 3 aromatic rings. The van der Waals surface area contributed by atoms with Gasteiger partial charge in [-0.05, 0) is 18.2 Å². The number of ether oxygens (including phenoxy) is 3. The van der Waals surface area contributed by atoms with Crippen LogP contribution >= 0.6 is 11.3 Å². The summed E-state index contributed by atoms with van der Waals surface area (Å²) in [6.45, 7) is 0. The van der Waals surface area contributed by atoms with Crippen molar-refractivity contribution in [2.24, 2.45) is 12.0 Å². The van der Waals surface area contributed by atoms with Gasteiger partial charge in [0.05, 0.1) is 31.5 Å². The van der Waals surface area contributed by atoms with Crippen molar-refractivity contribution in [3.8, 4) is 17.2 Å². The molecular weight excluding hydrogens is 340 g/mol. The number of fused-ring (bicyclic) bond motifs is 1. The summed E-state index contributed by atoms with van der Waals surface area (Å²) in [7, 11) is 6.61. The zero-order chi connectivity index (χ0) is 18.0. The largest absolute Gasteiger partial charge is 0.497 e. The number of rotatable bonds is 4. The molecule has 0 aliphatic heterocycles. The summed E-state index contributed by atoms with van der Waals surface area (Å²) >= 11 is 1.41. The van der Waals surface area contributed by atoms with E-state index >= 15 is 0 Å². The minimum absolute atomic E-state index is 0.319. The molecule has 0 aliphatic rings. The molecule has 0 N–H and O–H groups in total. The zero-order valence-electron chi connectivity index (χ0n) is 14.4. The smallest absolute Gasteiger partial charge is 0.279 e. The van der Waals surface area contributed by atoms with Crippen LogP contribution in [0.4, 0.5) is 0 Å². The number of aromatic nitrogens is 1. The van der Waals surface area contributed by atoms with Crippen LogP contribution in [0.2, 0.25) is 0 Å². The van der Waals surface area contributed by atoms with Crippen LogP contribution in [-0.2, 0) is 7.05 Å². The van der Waals surface area contributed by atoms with Crippen LogP contribution in [0.15, 0.2) is 41.4 Å². The zero-order valence-corrected chi connectivity index (χ0v) is 15.2. The lowest BCUT2D eigenvalue weighted by atomic mass is 10.2. The second kappa shape index (κ2) is 6.98. The van der Waals surface area contributed by atoms with Crippen LogP contribution < -0.4 is 19.0 Å².